The summed E-state index contributed by atoms with van der Waals surface area (Å²) < 4.78 is 5.41. The first kappa shape index (κ1) is 20.3. The minimum Gasteiger partial charge on any atom is -0.378 e. The van der Waals surface area contributed by atoms with Crippen molar-refractivity contribution in [3.05, 3.63) is 40.1 Å². The van der Waals surface area contributed by atoms with E-state index in [0.29, 0.717) is 19.2 Å². The Labute approximate surface area is 175 Å². The van der Waals surface area contributed by atoms with Crippen LogP contribution in [0, 0.1) is 0 Å². The fourth-order valence-electron chi connectivity index (χ4n) is 3.92. The van der Waals surface area contributed by atoms with Gasteiger partial charge in [0.2, 0.25) is 5.95 Å². The van der Waals surface area contributed by atoms with Crippen LogP contribution in [0.25, 0.3) is 0 Å². The van der Waals surface area contributed by atoms with Crippen LogP contribution in [0.4, 0.5) is 5.95 Å². The highest BCUT2D eigenvalue weighted by Gasteiger charge is 2.24. The molecule has 2 aliphatic heterocycles. The largest absolute Gasteiger partial charge is 0.378 e. The predicted octanol–water partition coefficient (Wildman–Crippen LogP) is 1.89. The Bertz CT molecular complexity index is 853. The Morgan fingerprint density at radius 2 is 2.03 bits per heavy atom. The number of hydrogen-bond donors (Lipinski definition) is 1. The molecule has 1 atom stereocenters. The number of H-pyrrole nitrogens is 1. The zero-order chi connectivity index (χ0) is 20.1. The van der Waals surface area contributed by atoms with Crippen LogP contribution in [-0.2, 0) is 11.3 Å². The SMILES string of the molecule is CCSc1ncc(CN2CCC[C@H](c3cc(=O)[nH]c(N4CCOCC4)n3)C2)cn1. The lowest BCUT2D eigenvalue weighted by molar-refractivity contribution is 0.122. The zero-order valence-corrected chi connectivity index (χ0v) is 17.7. The second kappa shape index (κ2) is 9.69. The van der Waals surface area contributed by atoms with Gasteiger partial charge in [-0.15, -0.1) is 0 Å². The lowest BCUT2D eigenvalue weighted by Crippen LogP contribution is -2.39. The van der Waals surface area contributed by atoms with Gasteiger partial charge in [-0.1, -0.05) is 18.7 Å². The first-order valence-electron chi connectivity index (χ1n) is 10.3. The van der Waals surface area contributed by atoms with Crippen LogP contribution < -0.4 is 10.5 Å². The van der Waals surface area contributed by atoms with Crippen LogP contribution in [0.3, 0.4) is 0 Å². The summed E-state index contributed by atoms with van der Waals surface area (Å²) in [6, 6.07) is 1.66. The quantitative estimate of drug-likeness (QED) is 0.564. The van der Waals surface area contributed by atoms with Gasteiger partial charge in [0, 0.05) is 56.1 Å². The molecule has 2 aliphatic rings. The second-order valence-electron chi connectivity index (χ2n) is 7.47. The first-order chi connectivity index (χ1) is 14.2. The van der Waals surface area contributed by atoms with E-state index < -0.39 is 0 Å². The molecule has 8 nitrogen and oxygen atoms in total. The number of aromatic amines is 1. The number of rotatable bonds is 6. The molecule has 0 bridgehead atoms. The van der Waals surface area contributed by atoms with E-state index in [4.69, 9.17) is 9.72 Å². The van der Waals surface area contributed by atoms with Crippen LogP contribution in [0.1, 0.15) is 36.9 Å². The first-order valence-corrected chi connectivity index (χ1v) is 11.3. The van der Waals surface area contributed by atoms with E-state index in [1.807, 2.05) is 12.4 Å². The molecule has 2 aromatic rings. The molecule has 0 aromatic carbocycles. The highest BCUT2D eigenvalue weighted by molar-refractivity contribution is 7.99. The Kier molecular flexibility index (Phi) is 6.78. The maximum Gasteiger partial charge on any atom is 0.252 e. The third-order valence-electron chi connectivity index (χ3n) is 5.34. The van der Waals surface area contributed by atoms with Crippen molar-refractivity contribution in [1.82, 2.24) is 24.8 Å². The van der Waals surface area contributed by atoms with Crippen LogP contribution in [0.2, 0.25) is 0 Å². The number of ether oxygens (including phenoxy) is 1. The normalized spacial score (nSPS) is 20.7. The fraction of sp³-hybridized carbons (Fsp3) is 0.600. The van der Waals surface area contributed by atoms with E-state index >= 15 is 0 Å². The van der Waals surface area contributed by atoms with Gasteiger partial charge in [0.25, 0.3) is 5.56 Å². The number of nitrogens with zero attached hydrogens (tertiary/aromatic N) is 5. The lowest BCUT2D eigenvalue weighted by atomic mass is 9.94. The molecular formula is C20H28N6O2S. The van der Waals surface area contributed by atoms with Crippen molar-refractivity contribution < 1.29 is 4.74 Å². The summed E-state index contributed by atoms with van der Waals surface area (Å²) in [6.45, 7) is 7.72. The molecule has 9 heteroatoms. The Morgan fingerprint density at radius 3 is 2.79 bits per heavy atom. The molecule has 0 spiro atoms. The van der Waals surface area contributed by atoms with E-state index in [9.17, 15) is 4.79 Å². The predicted molar refractivity (Wildman–Crippen MR) is 114 cm³/mol. The van der Waals surface area contributed by atoms with Gasteiger partial charge in [0.15, 0.2) is 5.16 Å². The number of morpholine rings is 1. The summed E-state index contributed by atoms with van der Waals surface area (Å²) >= 11 is 1.65. The van der Waals surface area contributed by atoms with Gasteiger partial charge < -0.3 is 9.64 Å². The molecule has 4 rings (SSSR count). The summed E-state index contributed by atoms with van der Waals surface area (Å²) in [5, 5.41) is 0.830. The Hall–Kier alpha value is -1.97. The van der Waals surface area contributed by atoms with Crippen LogP contribution >= 0.6 is 11.8 Å². The van der Waals surface area contributed by atoms with E-state index in [2.05, 4.69) is 31.7 Å². The maximum atomic E-state index is 12.3. The van der Waals surface area contributed by atoms with Gasteiger partial charge in [-0.25, -0.2) is 15.0 Å². The van der Waals surface area contributed by atoms with E-state index in [0.717, 1.165) is 67.7 Å². The highest BCUT2D eigenvalue weighted by atomic mass is 32.2. The molecule has 156 valence electrons. The minimum atomic E-state index is -0.0778. The topological polar surface area (TPSA) is 87.2 Å². The summed E-state index contributed by atoms with van der Waals surface area (Å²) in [6.07, 6.45) is 6.00. The maximum absolute atomic E-state index is 12.3. The van der Waals surface area contributed by atoms with Gasteiger partial charge in [0.05, 0.1) is 18.9 Å². The van der Waals surface area contributed by atoms with Crippen molar-refractivity contribution in [2.45, 2.75) is 37.4 Å². The summed E-state index contributed by atoms with van der Waals surface area (Å²) in [4.78, 5) is 33.4. The third-order valence-corrected chi connectivity index (χ3v) is 6.10. The number of piperidine rings is 1. The lowest BCUT2D eigenvalue weighted by Gasteiger charge is -2.33. The molecule has 0 amide bonds. The van der Waals surface area contributed by atoms with Gasteiger partial charge in [-0.2, -0.15) is 0 Å². The van der Waals surface area contributed by atoms with Crippen molar-refractivity contribution in [3.63, 3.8) is 0 Å². The number of anilines is 1. The van der Waals surface area contributed by atoms with Crippen molar-refractivity contribution in [1.29, 1.82) is 0 Å². The highest BCUT2D eigenvalue weighted by Crippen LogP contribution is 2.27. The van der Waals surface area contributed by atoms with Crippen LogP contribution in [-0.4, -0.2) is 70.0 Å². The monoisotopic (exact) mass is 416 g/mol. The third kappa shape index (κ3) is 5.34. The number of aromatic nitrogens is 4. The van der Waals surface area contributed by atoms with E-state index in [1.165, 1.54) is 0 Å². The van der Waals surface area contributed by atoms with Gasteiger partial charge >= 0.3 is 0 Å². The molecule has 0 unspecified atom stereocenters. The van der Waals surface area contributed by atoms with Crippen molar-refractivity contribution in [2.75, 3.05) is 50.0 Å². The average molecular weight is 417 g/mol. The number of likely N-dealkylation sites (tertiary alicyclic amines) is 1. The molecule has 1 N–H and O–H groups in total. The molecule has 29 heavy (non-hydrogen) atoms. The molecule has 0 aliphatic carbocycles. The smallest absolute Gasteiger partial charge is 0.252 e. The molecule has 4 heterocycles. The Balaban J connectivity index is 1.44. The molecular weight excluding hydrogens is 388 g/mol. The van der Waals surface area contributed by atoms with Crippen molar-refractivity contribution >= 4 is 17.7 Å². The van der Waals surface area contributed by atoms with E-state index in [-0.39, 0.29) is 11.5 Å². The summed E-state index contributed by atoms with van der Waals surface area (Å²) in [7, 11) is 0. The van der Waals surface area contributed by atoms with E-state index in [1.54, 1.807) is 17.8 Å². The Morgan fingerprint density at radius 1 is 1.24 bits per heavy atom. The minimum absolute atomic E-state index is 0.0778. The number of nitrogens with one attached hydrogen (secondary N) is 1. The molecule has 2 aromatic heterocycles. The second-order valence-corrected chi connectivity index (χ2v) is 8.71. The summed E-state index contributed by atoms with van der Waals surface area (Å²) in [5.41, 5.74) is 1.94. The molecule has 0 radical (unpaired) electrons. The number of hydrogen-bond acceptors (Lipinski definition) is 8. The van der Waals surface area contributed by atoms with Gasteiger partial charge in [-0.05, 0) is 25.1 Å². The van der Waals surface area contributed by atoms with Crippen LogP contribution in [0.5, 0.6) is 0 Å². The molecule has 2 saturated heterocycles. The van der Waals surface area contributed by atoms with Crippen molar-refractivity contribution in [3.8, 4) is 0 Å². The van der Waals surface area contributed by atoms with Crippen LogP contribution in [0.15, 0.2) is 28.4 Å². The number of thioether (sulfide) groups is 1. The average Bonchev–Trinajstić information content (AvgIpc) is 2.76. The standard InChI is InChI=1S/C20H28N6O2S/c1-2-29-20-21-11-15(12-22-20)13-25-5-3-4-16(14-25)17-10-18(27)24-19(23-17)26-6-8-28-9-7-26/h10-12,16H,2-9,13-14H2,1H3,(H,23,24,27)/t16-/m0/s1. The van der Waals surface area contributed by atoms with Gasteiger partial charge in [0.1, 0.15) is 0 Å². The van der Waals surface area contributed by atoms with Crippen molar-refractivity contribution in [2.24, 2.45) is 0 Å². The zero-order valence-electron chi connectivity index (χ0n) is 16.8. The molecule has 0 saturated carbocycles. The molecule has 2 fully saturated rings. The van der Waals surface area contributed by atoms with Gasteiger partial charge in [-0.3, -0.25) is 14.7 Å². The fourth-order valence-corrected chi connectivity index (χ4v) is 4.44. The summed E-state index contributed by atoms with van der Waals surface area (Å²) in [5.74, 6) is 1.91.